The first-order valence-corrected chi connectivity index (χ1v) is 4.23. The summed E-state index contributed by atoms with van der Waals surface area (Å²) >= 11 is 0. The number of nitrogens with two attached hydrogens (primary N) is 1. The van der Waals surface area contributed by atoms with Gasteiger partial charge in [0.25, 0.3) is 0 Å². The molecular weight excluding hydrogens is 183 g/mol. The molecule has 0 bridgehead atoms. The van der Waals surface area contributed by atoms with E-state index in [0.717, 1.165) is 0 Å². The molecule has 0 heterocycles. The van der Waals surface area contributed by atoms with Crippen LogP contribution < -0.4 is 5.73 Å². The zero-order valence-electron chi connectivity index (χ0n) is 7.80. The molecule has 0 aromatic heterocycles. The van der Waals surface area contributed by atoms with Crippen LogP contribution in [-0.4, -0.2) is 23.9 Å². The molecule has 0 saturated heterocycles. The van der Waals surface area contributed by atoms with Gasteiger partial charge in [-0.25, -0.2) is 0 Å². The molecule has 0 radical (unpaired) electrons. The Kier molecular flexibility index (Phi) is 4.70. The van der Waals surface area contributed by atoms with Gasteiger partial charge in [0.05, 0.1) is 0 Å². The molecule has 0 fully saturated rings. The number of rotatable bonds is 4. The summed E-state index contributed by atoms with van der Waals surface area (Å²) in [6, 6.07) is 0. The molecule has 0 saturated carbocycles. The van der Waals surface area contributed by atoms with Gasteiger partial charge in [0.1, 0.15) is 0 Å². The topological polar surface area (TPSA) is 46.2 Å². The lowest BCUT2D eigenvalue weighted by molar-refractivity contribution is -0.219. The van der Waals surface area contributed by atoms with E-state index in [0.29, 0.717) is 0 Å². The minimum atomic E-state index is -4.56. The Morgan fingerprint density at radius 1 is 1.31 bits per heavy atom. The van der Waals surface area contributed by atoms with Crippen molar-refractivity contribution in [1.29, 1.82) is 0 Å². The molecule has 2 unspecified atom stereocenters. The van der Waals surface area contributed by atoms with Crippen molar-refractivity contribution >= 4 is 0 Å². The quantitative estimate of drug-likeness (QED) is 0.721. The molecule has 2 atom stereocenters. The van der Waals surface area contributed by atoms with Crippen molar-refractivity contribution in [3.8, 4) is 0 Å². The lowest BCUT2D eigenvalue weighted by atomic mass is 9.92. The molecule has 0 aromatic carbocycles. The van der Waals surface area contributed by atoms with Crippen LogP contribution in [-0.2, 0) is 0 Å². The lowest BCUT2D eigenvalue weighted by Crippen LogP contribution is -2.40. The van der Waals surface area contributed by atoms with E-state index >= 15 is 0 Å². The van der Waals surface area contributed by atoms with Crippen molar-refractivity contribution in [2.75, 3.05) is 6.54 Å². The third-order valence-corrected chi connectivity index (χ3v) is 1.86. The van der Waals surface area contributed by atoms with Gasteiger partial charge in [0, 0.05) is 5.92 Å². The first kappa shape index (κ1) is 12.7. The van der Waals surface area contributed by atoms with E-state index in [9.17, 15) is 13.2 Å². The van der Waals surface area contributed by atoms with Crippen LogP contribution in [0.2, 0.25) is 0 Å². The summed E-state index contributed by atoms with van der Waals surface area (Å²) in [5.74, 6) is -0.787. The second-order valence-corrected chi connectivity index (χ2v) is 3.61. The number of aliphatic hydroxyl groups excluding tert-OH is 1. The second kappa shape index (κ2) is 4.81. The maximum atomic E-state index is 12.0. The maximum Gasteiger partial charge on any atom is 0.414 e. The molecule has 0 spiro atoms. The van der Waals surface area contributed by atoms with Crippen LogP contribution in [0.15, 0.2) is 0 Å². The summed E-state index contributed by atoms with van der Waals surface area (Å²) in [6.45, 7) is 3.45. The Labute approximate surface area is 75.9 Å². The number of hydrogen-bond donors (Lipinski definition) is 2. The van der Waals surface area contributed by atoms with E-state index in [2.05, 4.69) is 0 Å². The van der Waals surface area contributed by atoms with Crippen LogP contribution in [0.5, 0.6) is 0 Å². The highest BCUT2D eigenvalue weighted by atomic mass is 19.4. The number of hydrogen-bond acceptors (Lipinski definition) is 2. The monoisotopic (exact) mass is 199 g/mol. The molecule has 0 aliphatic rings. The van der Waals surface area contributed by atoms with Gasteiger partial charge in [-0.2, -0.15) is 13.2 Å². The Morgan fingerprint density at radius 3 is 2.00 bits per heavy atom. The highest BCUT2D eigenvalue weighted by Crippen LogP contribution is 2.28. The van der Waals surface area contributed by atoms with Crippen molar-refractivity contribution < 1.29 is 18.3 Å². The molecule has 0 amide bonds. The van der Waals surface area contributed by atoms with Crippen LogP contribution >= 0.6 is 0 Å². The zero-order chi connectivity index (χ0) is 10.6. The molecule has 0 rings (SSSR count). The number of alkyl halides is 3. The number of aliphatic hydroxyl groups is 1. The highest BCUT2D eigenvalue weighted by Gasteiger charge is 2.42. The Hall–Kier alpha value is -0.290. The second-order valence-electron chi connectivity index (χ2n) is 3.61. The minimum Gasteiger partial charge on any atom is -0.383 e. The van der Waals surface area contributed by atoms with Crippen LogP contribution in [0, 0.1) is 11.8 Å². The molecule has 80 valence electrons. The predicted molar refractivity (Wildman–Crippen MR) is 44.1 cm³/mol. The van der Waals surface area contributed by atoms with Gasteiger partial charge < -0.3 is 10.8 Å². The summed E-state index contributed by atoms with van der Waals surface area (Å²) < 4.78 is 36.1. The minimum absolute atomic E-state index is 0.102. The normalized spacial score (nSPS) is 17.5. The van der Waals surface area contributed by atoms with E-state index in [1.807, 2.05) is 0 Å². The third-order valence-electron chi connectivity index (χ3n) is 1.86. The van der Waals surface area contributed by atoms with Gasteiger partial charge >= 0.3 is 6.18 Å². The van der Waals surface area contributed by atoms with Crippen LogP contribution in [0.4, 0.5) is 13.2 Å². The van der Waals surface area contributed by atoms with Crippen LogP contribution in [0.3, 0.4) is 0 Å². The maximum absolute atomic E-state index is 12.0. The van der Waals surface area contributed by atoms with Gasteiger partial charge in [0.15, 0.2) is 6.10 Å². The van der Waals surface area contributed by atoms with E-state index < -0.39 is 18.2 Å². The first-order chi connectivity index (χ1) is 5.79. The van der Waals surface area contributed by atoms with Gasteiger partial charge in [-0.15, -0.1) is 0 Å². The number of halogens is 3. The fraction of sp³-hybridized carbons (Fsp3) is 1.00. The van der Waals surface area contributed by atoms with Crippen molar-refractivity contribution in [2.24, 2.45) is 17.6 Å². The summed E-state index contributed by atoms with van der Waals surface area (Å²) in [7, 11) is 0. The largest absolute Gasteiger partial charge is 0.414 e. The standard InChI is InChI=1S/C8H16F3NO/c1-5(2)3-6(4-12)7(13)8(9,10)11/h5-7,13H,3-4,12H2,1-2H3. The Morgan fingerprint density at radius 2 is 1.77 bits per heavy atom. The van der Waals surface area contributed by atoms with E-state index in [-0.39, 0.29) is 18.9 Å². The highest BCUT2D eigenvalue weighted by molar-refractivity contribution is 4.76. The molecule has 0 aromatic rings. The Balaban J connectivity index is 4.23. The molecule has 3 N–H and O–H groups in total. The van der Waals surface area contributed by atoms with Gasteiger partial charge in [-0.05, 0) is 18.9 Å². The summed E-state index contributed by atoms with van der Waals surface area (Å²) in [4.78, 5) is 0. The molecule has 5 heteroatoms. The van der Waals surface area contributed by atoms with Gasteiger partial charge in [-0.3, -0.25) is 0 Å². The Bertz CT molecular complexity index is 147. The van der Waals surface area contributed by atoms with E-state index in [4.69, 9.17) is 10.8 Å². The fourth-order valence-electron chi connectivity index (χ4n) is 1.23. The van der Waals surface area contributed by atoms with Crippen LogP contribution in [0.1, 0.15) is 20.3 Å². The lowest BCUT2D eigenvalue weighted by Gasteiger charge is -2.24. The van der Waals surface area contributed by atoms with Crippen molar-refractivity contribution in [2.45, 2.75) is 32.5 Å². The molecule has 13 heavy (non-hydrogen) atoms. The summed E-state index contributed by atoms with van der Waals surface area (Å²) in [5.41, 5.74) is 5.16. The van der Waals surface area contributed by atoms with Crippen molar-refractivity contribution in [3.05, 3.63) is 0 Å². The molecule has 0 aliphatic heterocycles. The van der Waals surface area contributed by atoms with Crippen molar-refractivity contribution in [3.63, 3.8) is 0 Å². The smallest absolute Gasteiger partial charge is 0.383 e. The van der Waals surface area contributed by atoms with E-state index in [1.54, 1.807) is 13.8 Å². The molecule has 2 nitrogen and oxygen atoms in total. The average Bonchev–Trinajstić information content (AvgIpc) is 1.96. The predicted octanol–water partition coefficient (Wildman–Crippen LogP) is 1.53. The first-order valence-electron chi connectivity index (χ1n) is 4.23. The molecular formula is C8H16F3NO. The van der Waals surface area contributed by atoms with Crippen LogP contribution in [0.25, 0.3) is 0 Å². The summed E-state index contributed by atoms with van der Waals surface area (Å²) in [5, 5.41) is 8.89. The molecule has 0 aliphatic carbocycles. The fourth-order valence-corrected chi connectivity index (χ4v) is 1.23. The van der Waals surface area contributed by atoms with Gasteiger partial charge in [-0.1, -0.05) is 13.8 Å². The summed E-state index contributed by atoms with van der Waals surface area (Å²) in [6.07, 6.45) is -6.56. The zero-order valence-corrected chi connectivity index (χ0v) is 7.80. The third kappa shape index (κ3) is 4.47. The van der Waals surface area contributed by atoms with Gasteiger partial charge in [0.2, 0.25) is 0 Å². The van der Waals surface area contributed by atoms with E-state index in [1.165, 1.54) is 0 Å². The average molecular weight is 199 g/mol. The SMILES string of the molecule is CC(C)CC(CN)C(O)C(F)(F)F. The van der Waals surface area contributed by atoms with Crippen molar-refractivity contribution in [1.82, 2.24) is 0 Å².